The van der Waals surface area contributed by atoms with Crippen LogP contribution in [-0.4, -0.2) is 40.0 Å². The van der Waals surface area contributed by atoms with Crippen LogP contribution < -0.4 is 4.74 Å². The SMILES string of the molecule is COC(=O)c1ccc(CN(C)S(=O)(=O)c2ccc(OC)cc2)cc1. The topological polar surface area (TPSA) is 72.9 Å². The first-order valence-corrected chi connectivity index (χ1v) is 8.60. The summed E-state index contributed by atoms with van der Waals surface area (Å²) < 4.78 is 36.1. The van der Waals surface area contributed by atoms with Gasteiger partial charge in [0.1, 0.15) is 5.75 Å². The minimum Gasteiger partial charge on any atom is -0.497 e. The summed E-state index contributed by atoms with van der Waals surface area (Å²) in [5, 5.41) is 0. The van der Waals surface area contributed by atoms with Crippen molar-refractivity contribution in [2.45, 2.75) is 11.4 Å². The predicted octanol–water partition coefficient (Wildman–Crippen LogP) is 2.30. The van der Waals surface area contributed by atoms with Crippen molar-refractivity contribution in [2.75, 3.05) is 21.3 Å². The molecule has 7 heteroatoms. The summed E-state index contributed by atoms with van der Waals surface area (Å²) in [6, 6.07) is 12.8. The van der Waals surface area contributed by atoms with Gasteiger partial charge in [-0.25, -0.2) is 13.2 Å². The van der Waals surface area contributed by atoms with E-state index in [1.165, 1.54) is 37.7 Å². The minimum atomic E-state index is -3.61. The maximum atomic E-state index is 12.6. The highest BCUT2D eigenvalue weighted by Gasteiger charge is 2.21. The Morgan fingerprint density at radius 1 is 1.00 bits per heavy atom. The maximum Gasteiger partial charge on any atom is 0.337 e. The molecule has 2 aromatic rings. The fourth-order valence-electron chi connectivity index (χ4n) is 2.13. The van der Waals surface area contributed by atoms with Crippen molar-refractivity contribution in [1.29, 1.82) is 0 Å². The molecule has 0 heterocycles. The molecule has 24 heavy (non-hydrogen) atoms. The molecule has 0 N–H and O–H groups in total. The molecule has 6 nitrogen and oxygen atoms in total. The van der Waals surface area contributed by atoms with Crippen LogP contribution >= 0.6 is 0 Å². The fraction of sp³-hybridized carbons (Fsp3) is 0.235. The third-order valence-electron chi connectivity index (χ3n) is 3.55. The van der Waals surface area contributed by atoms with E-state index in [1.54, 1.807) is 36.4 Å². The molecule has 0 spiro atoms. The molecule has 0 aromatic heterocycles. The van der Waals surface area contributed by atoms with E-state index in [1.807, 2.05) is 0 Å². The first-order chi connectivity index (χ1) is 11.4. The van der Waals surface area contributed by atoms with Crippen LogP contribution in [0.25, 0.3) is 0 Å². The molecule has 128 valence electrons. The number of rotatable bonds is 6. The first-order valence-electron chi connectivity index (χ1n) is 7.16. The quantitative estimate of drug-likeness (QED) is 0.748. The Labute approximate surface area is 141 Å². The van der Waals surface area contributed by atoms with E-state index in [2.05, 4.69) is 4.74 Å². The zero-order valence-corrected chi connectivity index (χ0v) is 14.5. The van der Waals surface area contributed by atoms with Crippen molar-refractivity contribution in [3.63, 3.8) is 0 Å². The van der Waals surface area contributed by atoms with E-state index in [4.69, 9.17) is 4.74 Å². The zero-order valence-electron chi connectivity index (χ0n) is 13.7. The third kappa shape index (κ3) is 3.93. The van der Waals surface area contributed by atoms with Crippen LogP contribution in [0.5, 0.6) is 5.75 Å². The van der Waals surface area contributed by atoms with Gasteiger partial charge in [-0.05, 0) is 42.0 Å². The first kappa shape index (κ1) is 18.0. The van der Waals surface area contributed by atoms with Gasteiger partial charge in [-0.3, -0.25) is 0 Å². The van der Waals surface area contributed by atoms with Gasteiger partial charge in [0.05, 0.1) is 24.7 Å². The number of carbonyl (C=O) groups is 1. The Hall–Kier alpha value is -2.38. The number of nitrogens with zero attached hydrogens (tertiary/aromatic N) is 1. The maximum absolute atomic E-state index is 12.6. The predicted molar refractivity (Wildman–Crippen MR) is 89.4 cm³/mol. The molecule has 2 aromatic carbocycles. The highest BCUT2D eigenvalue weighted by atomic mass is 32.2. The summed E-state index contributed by atoms with van der Waals surface area (Å²) in [6.07, 6.45) is 0. The summed E-state index contributed by atoms with van der Waals surface area (Å²) in [6.45, 7) is 0.190. The molecule has 0 saturated carbocycles. The summed E-state index contributed by atoms with van der Waals surface area (Å²) in [5.74, 6) is 0.163. The van der Waals surface area contributed by atoms with Crippen molar-refractivity contribution < 1.29 is 22.7 Å². The molecule has 0 bridgehead atoms. The molecule has 0 radical (unpaired) electrons. The summed E-state index contributed by atoms with van der Waals surface area (Å²) in [5.41, 5.74) is 1.18. The van der Waals surface area contributed by atoms with Gasteiger partial charge < -0.3 is 9.47 Å². The number of hydrogen-bond acceptors (Lipinski definition) is 5. The van der Waals surface area contributed by atoms with E-state index >= 15 is 0 Å². The van der Waals surface area contributed by atoms with E-state index < -0.39 is 16.0 Å². The summed E-state index contributed by atoms with van der Waals surface area (Å²) in [7, 11) is 0.733. The van der Waals surface area contributed by atoms with E-state index in [0.29, 0.717) is 11.3 Å². The van der Waals surface area contributed by atoms with Gasteiger partial charge in [-0.15, -0.1) is 0 Å². The second-order valence-electron chi connectivity index (χ2n) is 5.13. The molecular weight excluding hydrogens is 330 g/mol. The van der Waals surface area contributed by atoms with Crippen LogP contribution in [0, 0.1) is 0 Å². The number of esters is 1. The minimum absolute atomic E-state index is 0.190. The van der Waals surface area contributed by atoms with E-state index in [-0.39, 0.29) is 11.4 Å². The summed E-state index contributed by atoms with van der Waals surface area (Å²) in [4.78, 5) is 11.6. The van der Waals surface area contributed by atoms with Gasteiger partial charge >= 0.3 is 5.97 Å². The number of sulfonamides is 1. The molecular formula is C17H19NO5S. The van der Waals surface area contributed by atoms with E-state index in [0.717, 1.165) is 5.56 Å². The average Bonchev–Trinajstić information content (AvgIpc) is 2.61. The Bertz CT molecular complexity index is 798. The average molecular weight is 349 g/mol. The van der Waals surface area contributed by atoms with Gasteiger partial charge in [0.2, 0.25) is 10.0 Å². The van der Waals surface area contributed by atoms with Crippen molar-refractivity contribution in [1.82, 2.24) is 4.31 Å². The molecule has 2 rings (SSSR count). The lowest BCUT2D eigenvalue weighted by Crippen LogP contribution is -2.26. The van der Waals surface area contributed by atoms with Crippen LogP contribution in [0.15, 0.2) is 53.4 Å². The van der Waals surface area contributed by atoms with Crippen molar-refractivity contribution in [2.24, 2.45) is 0 Å². The second kappa shape index (κ2) is 7.46. The molecule has 0 amide bonds. The van der Waals surface area contributed by atoms with Gasteiger partial charge in [0.25, 0.3) is 0 Å². The highest BCUT2D eigenvalue weighted by Crippen LogP contribution is 2.20. The summed E-state index contributed by atoms with van der Waals surface area (Å²) >= 11 is 0. The van der Waals surface area contributed by atoms with Crippen LogP contribution in [0.2, 0.25) is 0 Å². The lowest BCUT2D eigenvalue weighted by Gasteiger charge is -2.17. The number of benzene rings is 2. The molecule has 0 fully saturated rings. The van der Waals surface area contributed by atoms with Crippen LogP contribution in [0.3, 0.4) is 0 Å². The molecule has 0 unspecified atom stereocenters. The Kier molecular flexibility index (Phi) is 5.58. The molecule has 0 atom stereocenters. The molecule has 0 aliphatic carbocycles. The fourth-order valence-corrected chi connectivity index (χ4v) is 3.29. The van der Waals surface area contributed by atoms with Crippen molar-refractivity contribution >= 4 is 16.0 Å². The van der Waals surface area contributed by atoms with Crippen LogP contribution in [-0.2, 0) is 21.3 Å². The third-order valence-corrected chi connectivity index (χ3v) is 5.37. The Morgan fingerprint density at radius 2 is 1.58 bits per heavy atom. The smallest absolute Gasteiger partial charge is 0.337 e. The lowest BCUT2D eigenvalue weighted by atomic mass is 10.1. The monoisotopic (exact) mass is 349 g/mol. The van der Waals surface area contributed by atoms with Gasteiger partial charge in [0.15, 0.2) is 0 Å². The largest absolute Gasteiger partial charge is 0.497 e. The zero-order chi connectivity index (χ0) is 17.7. The van der Waals surface area contributed by atoms with Gasteiger partial charge in [-0.2, -0.15) is 4.31 Å². The van der Waals surface area contributed by atoms with Gasteiger partial charge in [-0.1, -0.05) is 12.1 Å². The van der Waals surface area contributed by atoms with Gasteiger partial charge in [0, 0.05) is 13.6 Å². The number of ether oxygens (including phenoxy) is 2. The van der Waals surface area contributed by atoms with Crippen LogP contribution in [0.4, 0.5) is 0 Å². The molecule has 0 aliphatic rings. The standard InChI is InChI=1S/C17H19NO5S/c1-18(12-13-4-6-14(7-5-13)17(19)23-3)24(20,21)16-10-8-15(22-2)9-11-16/h4-11H,12H2,1-3H3. The molecule has 0 saturated heterocycles. The number of carbonyl (C=O) groups excluding carboxylic acids is 1. The Morgan fingerprint density at radius 3 is 2.08 bits per heavy atom. The molecule has 0 aliphatic heterocycles. The van der Waals surface area contributed by atoms with Crippen molar-refractivity contribution in [3.05, 3.63) is 59.7 Å². The van der Waals surface area contributed by atoms with Crippen molar-refractivity contribution in [3.8, 4) is 5.75 Å². The lowest BCUT2D eigenvalue weighted by molar-refractivity contribution is 0.0600. The van der Waals surface area contributed by atoms with E-state index in [9.17, 15) is 13.2 Å². The number of methoxy groups -OCH3 is 2. The van der Waals surface area contributed by atoms with Crippen LogP contribution in [0.1, 0.15) is 15.9 Å². The highest BCUT2D eigenvalue weighted by molar-refractivity contribution is 7.89. The normalized spacial score (nSPS) is 11.3. The Balaban J connectivity index is 2.15. The second-order valence-corrected chi connectivity index (χ2v) is 7.17. The number of hydrogen-bond donors (Lipinski definition) is 0.